The Hall–Kier alpha value is -1.22. The Morgan fingerprint density at radius 1 is 1.45 bits per heavy atom. The van der Waals surface area contributed by atoms with Crippen molar-refractivity contribution >= 4 is 22.5 Å². The molecule has 2 aromatic rings. The van der Waals surface area contributed by atoms with Crippen LogP contribution in [0.1, 0.15) is 0 Å². The van der Waals surface area contributed by atoms with Crippen molar-refractivity contribution in [2.45, 2.75) is 0 Å². The first-order valence-corrected chi connectivity index (χ1v) is 3.48. The van der Waals surface area contributed by atoms with Crippen LogP contribution >= 0.6 is 11.6 Å². The van der Waals surface area contributed by atoms with Crippen molar-refractivity contribution in [1.29, 1.82) is 0 Å². The third-order valence-electron chi connectivity index (χ3n) is 1.52. The number of phenolic OH excluding ortho intramolecular Hbond substituents is 1. The Kier molecular flexibility index (Phi) is 1.26. The number of aromatic nitrogens is 2. The second-order valence-corrected chi connectivity index (χ2v) is 2.59. The van der Waals surface area contributed by atoms with Crippen molar-refractivity contribution in [3.63, 3.8) is 0 Å². The van der Waals surface area contributed by atoms with E-state index in [1.165, 1.54) is 0 Å². The molecule has 2 N–H and O–H groups in total. The first-order chi connectivity index (χ1) is 5.29. The molecule has 0 aliphatic heterocycles. The lowest BCUT2D eigenvalue weighted by atomic mass is 10.2. The number of hydrogen-bond donors (Lipinski definition) is 2. The van der Waals surface area contributed by atoms with E-state index < -0.39 is 0 Å². The average Bonchev–Trinajstić information content (AvgIpc) is 2.35. The van der Waals surface area contributed by atoms with Gasteiger partial charge in [0.15, 0.2) is 0 Å². The standard InChI is InChI=1S/C7H5ClN2O/c8-7-4-2-1-3-5(11)6(4)9-10-7/h1-3,11H,(H,9,10). The quantitative estimate of drug-likeness (QED) is 0.632. The molecule has 4 heteroatoms. The van der Waals surface area contributed by atoms with Gasteiger partial charge < -0.3 is 5.11 Å². The summed E-state index contributed by atoms with van der Waals surface area (Å²) in [5.74, 6) is 0.144. The number of rotatable bonds is 0. The molecule has 0 fully saturated rings. The Morgan fingerprint density at radius 3 is 3.00 bits per heavy atom. The molecule has 0 atom stereocenters. The van der Waals surface area contributed by atoms with Gasteiger partial charge in [-0.1, -0.05) is 17.7 Å². The molecule has 1 heterocycles. The highest BCUT2D eigenvalue weighted by Crippen LogP contribution is 2.26. The number of aromatic hydroxyl groups is 1. The molecule has 0 bridgehead atoms. The molecule has 0 radical (unpaired) electrons. The predicted octanol–water partition coefficient (Wildman–Crippen LogP) is 1.92. The van der Waals surface area contributed by atoms with E-state index in [2.05, 4.69) is 10.2 Å². The molecule has 11 heavy (non-hydrogen) atoms. The lowest BCUT2D eigenvalue weighted by Crippen LogP contribution is -1.68. The van der Waals surface area contributed by atoms with Gasteiger partial charge in [-0.15, -0.1) is 0 Å². The Labute approximate surface area is 67.6 Å². The summed E-state index contributed by atoms with van der Waals surface area (Å²) in [4.78, 5) is 0. The summed E-state index contributed by atoms with van der Waals surface area (Å²) in [6.07, 6.45) is 0. The third-order valence-corrected chi connectivity index (χ3v) is 1.81. The zero-order valence-corrected chi connectivity index (χ0v) is 6.26. The van der Waals surface area contributed by atoms with Gasteiger partial charge in [0.25, 0.3) is 0 Å². The van der Waals surface area contributed by atoms with Crippen LogP contribution in [-0.2, 0) is 0 Å². The topological polar surface area (TPSA) is 48.9 Å². The fourth-order valence-electron chi connectivity index (χ4n) is 0.991. The lowest BCUT2D eigenvalue weighted by Gasteiger charge is -1.89. The Morgan fingerprint density at radius 2 is 2.27 bits per heavy atom. The maximum atomic E-state index is 9.24. The number of benzene rings is 1. The number of halogens is 1. The molecule has 0 saturated carbocycles. The zero-order chi connectivity index (χ0) is 7.84. The van der Waals surface area contributed by atoms with Crippen molar-refractivity contribution in [1.82, 2.24) is 10.2 Å². The van der Waals surface area contributed by atoms with E-state index in [-0.39, 0.29) is 5.75 Å². The van der Waals surface area contributed by atoms with Crippen LogP contribution in [-0.4, -0.2) is 15.3 Å². The van der Waals surface area contributed by atoms with Gasteiger partial charge in [-0.25, -0.2) is 0 Å². The number of H-pyrrole nitrogens is 1. The van der Waals surface area contributed by atoms with Crippen molar-refractivity contribution in [2.24, 2.45) is 0 Å². The van der Waals surface area contributed by atoms with Gasteiger partial charge in [-0.3, -0.25) is 5.10 Å². The van der Waals surface area contributed by atoms with Crippen LogP contribution < -0.4 is 0 Å². The summed E-state index contributed by atoms with van der Waals surface area (Å²) >= 11 is 5.72. The van der Waals surface area contributed by atoms with Gasteiger partial charge in [0.05, 0.1) is 0 Å². The molecule has 3 nitrogen and oxygen atoms in total. The largest absolute Gasteiger partial charge is 0.506 e. The fourth-order valence-corrected chi connectivity index (χ4v) is 1.19. The van der Waals surface area contributed by atoms with E-state index >= 15 is 0 Å². The summed E-state index contributed by atoms with van der Waals surface area (Å²) in [6.45, 7) is 0. The maximum Gasteiger partial charge on any atom is 0.143 e. The van der Waals surface area contributed by atoms with Crippen LogP contribution in [0.5, 0.6) is 5.75 Å². The van der Waals surface area contributed by atoms with E-state index in [9.17, 15) is 5.11 Å². The summed E-state index contributed by atoms with van der Waals surface area (Å²) in [5, 5.41) is 16.8. The minimum atomic E-state index is 0.144. The molecule has 1 aromatic carbocycles. The summed E-state index contributed by atoms with van der Waals surface area (Å²) in [6, 6.07) is 5.08. The molecule has 0 aliphatic rings. The maximum absolute atomic E-state index is 9.24. The monoisotopic (exact) mass is 168 g/mol. The van der Waals surface area contributed by atoms with Crippen LogP contribution in [0, 0.1) is 0 Å². The van der Waals surface area contributed by atoms with E-state index in [0.717, 1.165) is 5.39 Å². The number of para-hydroxylation sites is 1. The normalized spacial score (nSPS) is 10.6. The highest BCUT2D eigenvalue weighted by atomic mass is 35.5. The van der Waals surface area contributed by atoms with E-state index in [4.69, 9.17) is 11.6 Å². The SMILES string of the molecule is Oc1cccc2c(Cl)[nH]nc12. The minimum Gasteiger partial charge on any atom is -0.506 e. The Balaban J connectivity index is 2.94. The van der Waals surface area contributed by atoms with Crippen molar-refractivity contribution in [3.05, 3.63) is 23.4 Å². The smallest absolute Gasteiger partial charge is 0.143 e. The molecule has 0 amide bonds. The summed E-state index contributed by atoms with van der Waals surface area (Å²) in [7, 11) is 0. The molecular weight excluding hydrogens is 164 g/mol. The summed E-state index contributed by atoms with van der Waals surface area (Å²) in [5.41, 5.74) is 0.512. The van der Waals surface area contributed by atoms with Gasteiger partial charge in [0, 0.05) is 5.39 Å². The molecular formula is C7H5ClN2O. The van der Waals surface area contributed by atoms with E-state index in [1.807, 2.05) is 0 Å². The number of aromatic amines is 1. The van der Waals surface area contributed by atoms with Gasteiger partial charge in [-0.05, 0) is 12.1 Å². The average molecular weight is 169 g/mol. The number of nitrogens with one attached hydrogen (secondary N) is 1. The van der Waals surface area contributed by atoms with Gasteiger partial charge in [0.2, 0.25) is 0 Å². The first-order valence-electron chi connectivity index (χ1n) is 3.10. The van der Waals surface area contributed by atoms with Gasteiger partial charge >= 0.3 is 0 Å². The van der Waals surface area contributed by atoms with Crippen LogP contribution in [0.15, 0.2) is 18.2 Å². The van der Waals surface area contributed by atoms with Gasteiger partial charge in [0.1, 0.15) is 16.4 Å². The van der Waals surface area contributed by atoms with Crippen molar-refractivity contribution in [2.75, 3.05) is 0 Å². The Bertz CT molecular complexity index is 396. The second kappa shape index (κ2) is 2.13. The molecule has 0 spiro atoms. The number of fused-ring (bicyclic) bond motifs is 1. The van der Waals surface area contributed by atoms with Crippen LogP contribution in [0.2, 0.25) is 5.15 Å². The van der Waals surface area contributed by atoms with Crippen LogP contribution in [0.25, 0.3) is 10.9 Å². The second-order valence-electron chi connectivity index (χ2n) is 2.21. The third kappa shape index (κ3) is 0.851. The highest BCUT2D eigenvalue weighted by molar-refractivity contribution is 6.34. The number of hydrogen-bond acceptors (Lipinski definition) is 2. The van der Waals surface area contributed by atoms with Gasteiger partial charge in [-0.2, -0.15) is 5.10 Å². The molecule has 2 rings (SSSR count). The van der Waals surface area contributed by atoms with Crippen LogP contribution in [0.3, 0.4) is 0 Å². The lowest BCUT2D eigenvalue weighted by molar-refractivity contribution is 0.480. The molecule has 56 valence electrons. The predicted molar refractivity (Wildman–Crippen MR) is 42.8 cm³/mol. The minimum absolute atomic E-state index is 0.144. The summed E-state index contributed by atoms with van der Waals surface area (Å²) < 4.78 is 0. The molecule has 0 unspecified atom stereocenters. The first kappa shape index (κ1) is 6.49. The number of nitrogens with zero attached hydrogens (tertiary/aromatic N) is 1. The van der Waals surface area contributed by atoms with Crippen molar-refractivity contribution in [3.8, 4) is 5.75 Å². The highest BCUT2D eigenvalue weighted by Gasteiger charge is 2.04. The van der Waals surface area contributed by atoms with Crippen molar-refractivity contribution < 1.29 is 5.11 Å². The number of phenols is 1. The molecule has 1 aromatic heterocycles. The fraction of sp³-hybridized carbons (Fsp3) is 0. The zero-order valence-electron chi connectivity index (χ0n) is 5.50. The van der Waals surface area contributed by atoms with Crippen LogP contribution in [0.4, 0.5) is 0 Å². The van der Waals surface area contributed by atoms with E-state index in [0.29, 0.717) is 10.7 Å². The van der Waals surface area contributed by atoms with E-state index in [1.54, 1.807) is 18.2 Å². The molecule has 0 aliphatic carbocycles. The molecule has 0 saturated heterocycles.